The summed E-state index contributed by atoms with van der Waals surface area (Å²) in [6.07, 6.45) is 5.22. The van der Waals surface area contributed by atoms with Crippen molar-refractivity contribution in [3.05, 3.63) is 52.0 Å². The van der Waals surface area contributed by atoms with Crippen LogP contribution in [0.3, 0.4) is 0 Å². The zero-order chi connectivity index (χ0) is 16.8. The summed E-state index contributed by atoms with van der Waals surface area (Å²) in [6, 6.07) is 10.1. The number of halogens is 1. The molecule has 2 aromatic carbocycles. The molecule has 23 heavy (non-hydrogen) atoms. The van der Waals surface area contributed by atoms with Crippen LogP contribution in [-0.4, -0.2) is 13.7 Å². The van der Waals surface area contributed by atoms with Crippen LogP contribution in [-0.2, 0) is 6.54 Å². The fraction of sp³-hybridized carbons (Fsp3) is 0.263. The number of methoxy groups -OCH3 is 1. The molecule has 4 heteroatoms. The van der Waals surface area contributed by atoms with Gasteiger partial charge in [0.1, 0.15) is 6.61 Å². The van der Waals surface area contributed by atoms with Crippen LogP contribution >= 0.6 is 11.6 Å². The lowest BCUT2D eigenvalue weighted by Gasteiger charge is -2.14. The number of ether oxygens (including phenoxy) is 2. The lowest BCUT2D eigenvalue weighted by molar-refractivity contribution is 0.331. The average molecular weight is 330 g/mol. The maximum atomic E-state index is 6.28. The van der Waals surface area contributed by atoms with Crippen LogP contribution in [0.4, 0.5) is 5.69 Å². The predicted octanol–water partition coefficient (Wildman–Crippen LogP) is 4.59. The third-order valence-electron chi connectivity index (χ3n) is 3.45. The van der Waals surface area contributed by atoms with Crippen molar-refractivity contribution in [3.8, 4) is 23.8 Å². The van der Waals surface area contributed by atoms with Crippen LogP contribution < -0.4 is 14.8 Å². The second-order valence-electron chi connectivity index (χ2n) is 5.27. The molecule has 1 N–H and O–H groups in total. The molecule has 120 valence electrons. The molecule has 0 fully saturated rings. The Balaban J connectivity index is 2.17. The van der Waals surface area contributed by atoms with E-state index in [0.29, 0.717) is 23.1 Å². The molecular formula is C19H20ClNO2. The Kier molecular flexibility index (Phi) is 5.78. The van der Waals surface area contributed by atoms with Crippen molar-refractivity contribution < 1.29 is 9.47 Å². The molecule has 0 radical (unpaired) electrons. The normalized spacial score (nSPS) is 10.0. The standard InChI is InChI=1S/C19H20ClNO2/c1-5-8-23-19-16(20)10-15(11-18(19)22-4)12-21-17-7-6-13(2)9-14(17)3/h1,6-7,9-11,21H,8,12H2,2-4H3. The molecular weight excluding hydrogens is 310 g/mol. The fourth-order valence-corrected chi connectivity index (χ4v) is 2.63. The van der Waals surface area contributed by atoms with E-state index in [-0.39, 0.29) is 6.61 Å². The summed E-state index contributed by atoms with van der Waals surface area (Å²) in [5, 5.41) is 3.89. The molecule has 0 saturated carbocycles. The van der Waals surface area contributed by atoms with Gasteiger partial charge in [0.25, 0.3) is 0 Å². The van der Waals surface area contributed by atoms with Crippen molar-refractivity contribution >= 4 is 17.3 Å². The zero-order valence-electron chi connectivity index (χ0n) is 13.6. The topological polar surface area (TPSA) is 30.5 Å². The van der Waals surface area contributed by atoms with E-state index in [4.69, 9.17) is 27.5 Å². The Morgan fingerprint density at radius 1 is 1.22 bits per heavy atom. The minimum absolute atomic E-state index is 0.149. The molecule has 0 amide bonds. The Bertz CT molecular complexity index is 735. The molecule has 2 rings (SSSR count). The summed E-state index contributed by atoms with van der Waals surface area (Å²) in [7, 11) is 1.58. The number of hydrogen-bond acceptors (Lipinski definition) is 3. The summed E-state index contributed by atoms with van der Waals surface area (Å²) < 4.78 is 10.8. The van der Waals surface area contributed by atoms with Gasteiger partial charge in [-0.1, -0.05) is 35.2 Å². The molecule has 0 aliphatic heterocycles. The van der Waals surface area contributed by atoms with Gasteiger partial charge >= 0.3 is 0 Å². The van der Waals surface area contributed by atoms with Gasteiger partial charge < -0.3 is 14.8 Å². The van der Waals surface area contributed by atoms with Crippen LogP contribution in [0.15, 0.2) is 30.3 Å². The van der Waals surface area contributed by atoms with E-state index in [1.807, 2.05) is 12.1 Å². The molecule has 0 aliphatic carbocycles. The Morgan fingerprint density at radius 2 is 2.00 bits per heavy atom. The SMILES string of the molecule is C#CCOc1c(Cl)cc(CNc2ccc(C)cc2C)cc1OC. The van der Waals surface area contributed by atoms with E-state index in [1.165, 1.54) is 11.1 Å². The second kappa shape index (κ2) is 7.80. The van der Waals surface area contributed by atoms with Crippen molar-refractivity contribution in [3.63, 3.8) is 0 Å². The average Bonchev–Trinajstić information content (AvgIpc) is 2.52. The number of benzene rings is 2. The molecule has 0 bridgehead atoms. The molecule has 2 aromatic rings. The van der Waals surface area contributed by atoms with Gasteiger partial charge in [-0.15, -0.1) is 6.42 Å². The molecule has 0 aliphatic rings. The molecule has 0 unspecified atom stereocenters. The summed E-state index contributed by atoms with van der Waals surface area (Å²) in [6.45, 7) is 4.95. The van der Waals surface area contributed by atoms with Gasteiger partial charge in [0.15, 0.2) is 11.5 Å². The summed E-state index contributed by atoms with van der Waals surface area (Å²) in [5.74, 6) is 3.47. The van der Waals surface area contributed by atoms with Crippen molar-refractivity contribution in [1.29, 1.82) is 0 Å². The van der Waals surface area contributed by atoms with E-state index < -0.39 is 0 Å². The van der Waals surface area contributed by atoms with E-state index in [2.05, 4.69) is 43.3 Å². The molecule has 3 nitrogen and oxygen atoms in total. The van der Waals surface area contributed by atoms with Crippen LogP contribution in [0.5, 0.6) is 11.5 Å². The number of hydrogen-bond donors (Lipinski definition) is 1. The van der Waals surface area contributed by atoms with Gasteiger partial charge in [-0.3, -0.25) is 0 Å². The minimum atomic E-state index is 0.149. The number of rotatable bonds is 6. The molecule has 0 spiro atoms. The van der Waals surface area contributed by atoms with E-state index in [1.54, 1.807) is 7.11 Å². The first kappa shape index (κ1) is 17.1. The van der Waals surface area contributed by atoms with Crippen LogP contribution in [0.25, 0.3) is 0 Å². The molecule has 0 atom stereocenters. The van der Waals surface area contributed by atoms with Crippen molar-refractivity contribution in [2.24, 2.45) is 0 Å². The van der Waals surface area contributed by atoms with E-state index in [0.717, 1.165) is 11.3 Å². The maximum absolute atomic E-state index is 6.28. The highest BCUT2D eigenvalue weighted by molar-refractivity contribution is 6.32. The van der Waals surface area contributed by atoms with Crippen molar-refractivity contribution in [1.82, 2.24) is 0 Å². The third kappa shape index (κ3) is 4.34. The minimum Gasteiger partial charge on any atom is -0.493 e. The Morgan fingerprint density at radius 3 is 2.65 bits per heavy atom. The van der Waals surface area contributed by atoms with Gasteiger partial charge in [-0.25, -0.2) is 0 Å². The van der Waals surface area contributed by atoms with Crippen molar-refractivity contribution in [2.75, 3.05) is 19.0 Å². The highest BCUT2D eigenvalue weighted by Crippen LogP contribution is 2.36. The number of anilines is 1. The Labute approximate surface area is 142 Å². The first-order valence-corrected chi connectivity index (χ1v) is 7.66. The second-order valence-corrected chi connectivity index (χ2v) is 5.68. The number of nitrogens with one attached hydrogen (secondary N) is 1. The molecule has 0 heterocycles. The Hall–Kier alpha value is -2.31. The number of terminal acetylenes is 1. The van der Waals surface area contributed by atoms with Crippen LogP contribution in [0, 0.1) is 26.2 Å². The zero-order valence-corrected chi connectivity index (χ0v) is 14.3. The summed E-state index contributed by atoms with van der Waals surface area (Å²) >= 11 is 6.28. The predicted molar refractivity (Wildman–Crippen MR) is 95.6 cm³/mol. The summed E-state index contributed by atoms with van der Waals surface area (Å²) in [5.41, 5.74) is 4.54. The summed E-state index contributed by atoms with van der Waals surface area (Å²) in [4.78, 5) is 0. The lowest BCUT2D eigenvalue weighted by Crippen LogP contribution is -2.03. The van der Waals surface area contributed by atoms with Gasteiger partial charge in [0.2, 0.25) is 0 Å². The monoisotopic (exact) mass is 329 g/mol. The molecule has 0 saturated heterocycles. The van der Waals surface area contributed by atoms with E-state index in [9.17, 15) is 0 Å². The number of aryl methyl sites for hydroxylation is 2. The highest BCUT2D eigenvalue weighted by Gasteiger charge is 2.12. The first-order chi connectivity index (χ1) is 11.0. The lowest BCUT2D eigenvalue weighted by atomic mass is 10.1. The van der Waals surface area contributed by atoms with Crippen LogP contribution in [0.2, 0.25) is 5.02 Å². The molecule has 0 aromatic heterocycles. The smallest absolute Gasteiger partial charge is 0.181 e. The van der Waals surface area contributed by atoms with Gasteiger partial charge in [-0.2, -0.15) is 0 Å². The van der Waals surface area contributed by atoms with Crippen LogP contribution in [0.1, 0.15) is 16.7 Å². The van der Waals surface area contributed by atoms with Gasteiger partial charge in [-0.05, 0) is 43.2 Å². The first-order valence-electron chi connectivity index (χ1n) is 7.29. The quantitative estimate of drug-likeness (QED) is 0.786. The van der Waals surface area contributed by atoms with Gasteiger partial charge in [0, 0.05) is 12.2 Å². The highest BCUT2D eigenvalue weighted by atomic mass is 35.5. The van der Waals surface area contributed by atoms with Crippen molar-refractivity contribution in [2.45, 2.75) is 20.4 Å². The fourth-order valence-electron chi connectivity index (χ4n) is 2.34. The third-order valence-corrected chi connectivity index (χ3v) is 3.73. The largest absolute Gasteiger partial charge is 0.493 e. The van der Waals surface area contributed by atoms with E-state index >= 15 is 0 Å². The maximum Gasteiger partial charge on any atom is 0.181 e. The van der Waals surface area contributed by atoms with Gasteiger partial charge in [0.05, 0.1) is 12.1 Å².